The molecule has 18 heavy (non-hydrogen) atoms. The van der Waals surface area contributed by atoms with E-state index in [2.05, 4.69) is 15.9 Å². The summed E-state index contributed by atoms with van der Waals surface area (Å²) >= 11 is 3.44. The van der Waals surface area contributed by atoms with E-state index in [1.165, 1.54) is 0 Å². The van der Waals surface area contributed by atoms with Crippen molar-refractivity contribution in [3.63, 3.8) is 0 Å². The highest BCUT2D eigenvalue weighted by Crippen LogP contribution is 2.24. The quantitative estimate of drug-likeness (QED) is 0.802. The number of rotatable bonds is 4. The molecule has 1 atom stereocenters. The lowest BCUT2D eigenvalue weighted by molar-refractivity contribution is -0.147. The predicted molar refractivity (Wildman–Crippen MR) is 75.6 cm³/mol. The fourth-order valence-corrected chi connectivity index (χ4v) is 2.29. The molecule has 0 radical (unpaired) electrons. The Balaban J connectivity index is 2.28. The third-order valence-electron chi connectivity index (χ3n) is 2.89. The van der Waals surface area contributed by atoms with Crippen molar-refractivity contribution >= 4 is 32.8 Å². The molecule has 0 saturated carbocycles. The molecule has 1 aromatic heterocycles. The van der Waals surface area contributed by atoms with Gasteiger partial charge in [-0.1, -0.05) is 22.9 Å². The van der Waals surface area contributed by atoms with Crippen LogP contribution in [0.25, 0.3) is 10.9 Å². The van der Waals surface area contributed by atoms with E-state index in [1.54, 1.807) is 0 Å². The largest absolute Gasteiger partial charge is 0.464 e. The van der Waals surface area contributed by atoms with Crippen LogP contribution in [0.1, 0.15) is 26.3 Å². The maximum Gasteiger partial charge on any atom is 0.328 e. The van der Waals surface area contributed by atoms with Crippen molar-refractivity contribution in [2.75, 3.05) is 6.61 Å². The number of ether oxygens (including phenoxy) is 1. The number of benzene rings is 1. The minimum Gasteiger partial charge on any atom is -0.464 e. The van der Waals surface area contributed by atoms with Crippen LogP contribution in [0.5, 0.6) is 0 Å². The van der Waals surface area contributed by atoms with E-state index in [4.69, 9.17) is 4.74 Å². The molecule has 2 rings (SSSR count). The summed E-state index contributed by atoms with van der Waals surface area (Å²) in [5, 5.41) is 1.11. The summed E-state index contributed by atoms with van der Waals surface area (Å²) in [6, 6.07) is 7.72. The van der Waals surface area contributed by atoms with Gasteiger partial charge in [-0.2, -0.15) is 0 Å². The van der Waals surface area contributed by atoms with Gasteiger partial charge in [0.1, 0.15) is 6.04 Å². The molecule has 2 aromatic rings. The van der Waals surface area contributed by atoms with Crippen LogP contribution in [0.2, 0.25) is 0 Å². The topological polar surface area (TPSA) is 31.2 Å². The van der Waals surface area contributed by atoms with Crippen molar-refractivity contribution in [1.82, 2.24) is 4.57 Å². The first kappa shape index (κ1) is 13.1. The van der Waals surface area contributed by atoms with Crippen LogP contribution in [0.3, 0.4) is 0 Å². The van der Waals surface area contributed by atoms with E-state index in [0.717, 1.165) is 21.8 Å². The first-order valence-corrected chi connectivity index (χ1v) is 6.85. The lowest BCUT2D eigenvalue weighted by Gasteiger charge is -2.14. The molecule has 0 saturated heterocycles. The molecule has 1 heterocycles. The number of nitrogens with zero attached hydrogens (tertiary/aromatic N) is 1. The van der Waals surface area contributed by atoms with E-state index in [9.17, 15) is 4.79 Å². The molecule has 0 spiro atoms. The fraction of sp³-hybridized carbons (Fsp3) is 0.357. The van der Waals surface area contributed by atoms with Gasteiger partial charge in [0.05, 0.1) is 6.61 Å². The standard InChI is InChI=1S/C14H16BrNO2/c1-3-8-18-14(17)10(2)16-7-6-11-9-12(15)4-5-13(11)16/h4-7,9-10H,3,8H2,1-2H3. The highest BCUT2D eigenvalue weighted by atomic mass is 79.9. The predicted octanol–water partition coefficient (Wildman–Crippen LogP) is 3.92. The molecule has 0 bridgehead atoms. The Hall–Kier alpha value is -1.29. The van der Waals surface area contributed by atoms with Crippen LogP contribution in [0, 0.1) is 0 Å². The Morgan fingerprint density at radius 1 is 1.44 bits per heavy atom. The second kappa shape index (κ2) is 5.57. The van der Waals surface area contributed by atoms with E-state index < -0.39 is 0 Å². The second-order valence-corrected chi connectivity index (χ2v) is 5.19. The fourth-order valence-electron chi connectivity index (χ4n) is 1.91. The minimum absolute atomic E-state index is 0.183. The molecule has 1 unspecified atom stereocenters. The summed E-state index contributed by atoms with van der Waals surface area (Å²) in [4.78, 5) is 11.9. The van der Waals surface area contributed by atoms with Crippen molar-refractivity contribution in [2.45, 2.75) is 26.3 Å². The third kappa shape index (κ3) is 2.58. The van der Waals surface area contributed by atoms with E-state index in [0.29, 0.717) is 6.61 Å². The summed E-state index contributed by atoms with van der Waals surface area (Å²) < 4.78 is 8.16. The first-order valence-electron chi connectivity index (χ1n) is 6.06. The van der Waals surface area contributed by atoms with Gasteiger partial charge in [0.15, 0.2) is 0 Å². The van der Waals surface area contributed by atoms with E-state index in [1.807, 2.05) is 48.9 Å². The van der Waals surface area contributed by atoms with Crippen LogP contribution < -0.4 is 0 Å². The summed E-state index contributed by atoms with van der Waals surface area (Å²) in [5.74, 6) is -0.183. The zero-order chi connectivity index (χ0) is 13.1. The average Bonchev–Trinajstić information content (AvgIpc) is 2.77. The van der Waals surface area contributed by atoms with Crippen molar-refractivity contribution < 1.29 is 9.53 Å². The van der Waals surface area contributed by atoms with E-state index >= 15 is 0 Å². The number of aromatic nitrogens is 1. The van der Waals surface area contributed by atoms with Crippen LogP contribution in [0.15, 0.2) is 34.9 Å². The zero-order valence-corrected chi connectivity index (χ0v) is 12.1. The molecule has 96 valence electrons. The molecule has 0 fully saturated rings. The van der Waals surface area contributed by atoms with Gasteiger partial charge in [0.25, 0.3) is 0 Å². The molecule has 0 aliphatic rings. The molecule has 0 aliphatic carbocycles. The number of fused-ring (bicyclic) bond motifs is 1. The van der Waals surface area contributed by atoms with Crippen LogP contribution in [-0.2, 0) is 9.53 Å². The van der Waals surface area contributed by atoms with Crippen molar-refractivity contribution in [1.29, 1.82) is 0 Å². The zero-order valence-electron chi connectivity index (χ0n) is 10.5. The second-order valence-electron chi connectivity index (χ2n) is 4.27. The summed E-state index contributed by atoms with van der Waals surface area (Å²) in [7, 11) is 0. The van der Waals surface area contributed by atoms with Gasteiger partial charge in [-0.05, 0) is 37.6 Å². The summed E-state index contributed by atoms with van der Waals surface area (Å²) in [5.41, 5.74) is 1.04. The maximum absolute atomic E-state index is 11.9. The summed E-state index contributed by atoms with van der Waals surface area (Å²) in [6.07, 6.45) is 2.77. The van der Waals surface area contributed by atoms with Gasteiger partial charge in [-0.25, -0.2) is 4.79 Å². The van der Waals surface area contributed by atoms with E-state index in [-0.39, 0.29) is 12.0 Å². The minimum atomic E-state index is -0.296. The highest BCUT2D eigenvalue weighted by Gasteiger charge is 2.17. The number of esters is 1. The third-order valence-corrected chi connectivity index (χ3v) is 3.38. The van der Waals surface area contributed by atoms with Crippen LogP contribution >= 0.6 is 15.9 Å². The molecule has 0 amide bonds. The molecule has 4 heteroatoms. The Labute approximate surface area is 115 Å². The molecule has 1 aromatic carbocycles. The van der Waals surface area contributed by atoms with Crippen LogP contribution in [-0.4, -0.2) is 17.1 Å². The lowest BCUT2D eigenvalue weighted by Crippen LogP contribution is -2.18. The van der Waals surface area contributed by atoms with Gasteiger partial charge in [0.2, 0.25) is 0 Å². The van der Waals surface area contributed by atoms with Gasteiger partial charge < -0.3 is 9.30 Å². The van der Waals surface area contributed by atoms with Crippen molar-refractivity contribution in [3.05, 3.63) is 34.9 Å². The Kier molecular flexibility index (Phi) is 4.07. The number of hydrogen-bond donors (Lipinski definition) is 0. The SMILES string of the molecule is CCCOC(=O)C(C)n1ccc2cc(Br)ccc21. The number of halogens is 1. The lowest BCUT2D eigenvalue weighted by atomic mass is 10.2. The Morgan fingerprint density at radius 3 is 2.94 bits per heavy atom. The van der Waals surface area contributed by atoms with Crippen LogP contribution in [0.4, 0.5) is 0 Å². The molecular formula is C14H16BrNO2. The monoisotopic (exact) mass is 309 g/mol. The van der Waals surface area contributed by atoms with Gasteiger partial charge >= 0.3 is 5.97 Å². The molecular weight excluding hydrogens is 294 g/mol. The number of hydrogen-bond acceptors (Lipinski definition) is 2. The normalized spacial score (nSPS) is 12.6. The maximum atomic E-state index is 11.9. The van der Waals surface area contributed by atoms with Gasteiger partial charge in [0, 0.05) is 21.6 Å². The van der Waals surface area contributed by atoms with Crippen molar-refractivity contribution in [3.8, 4) is 0 Å². The highest BCUT2D eigenvalue weighted by molar-refractivity contribution is 9.10. The van der Waals surface area contributed by atoms with Gasteiger partial charge in [-0.3, -0.25) is 0 Å². The Morgan fingerprint density at radius 2 is 2.22 bits per heavy atom. The number of carbonyl (C=O) groups excluding carboxylic acids is 1. The molecule has 0 aliphatic heterocycles. The summed E-state index contributed by atoms with van der Waals surface area (Å²) in [6.45, 7) is 4.33. The molecule has 3 nitrogen and oxygen atoms in total. The average molecular weight is 310 g/mol. The Bertz CT molecular complexity index is 562. The smallest absolute Gasteiger partial charge is 0.328 e. The molecule has 0 N–H and O–H groups in total. The van der Waals surface area contributed by atoms with Crippen molar-refractivity contribution in [2.24, 2.45) is 0 Å². The number of carbonyl (C=O) groups is 1. The first-order chi connectivity index (χ1) is 8.63. The van der Waals surface area contributed by atoms with Gasteiger partial charge in [-0.15, -0.1) is 0 Å².